The molecule has 0 bridgehead atoms. The Morgan fingerprint density at radius 1 is 1.59 bits per heavy atom. The van der Waals surface area contributed by atoms with E-state index in [2.05, 4.69) is 4.98 Å². The van der Waals surface area contributed by atoms with Crippen molar-refractivity contribution in [2.45, 2.75) is 37.3 Å². The van der Waals surface area contributed by atoms with E-state index in [1.807, 2.05) is 6.92 Å². The Labute approximate surface area is 101 Å². The molecular weight excluding hydrogens is 243 g/mol. The molecule has 1 aliphatic heterocycles. The van der Waals surface area contributed by atoms with Gasteiger partial charge in [-0.15, -0.1) is 0 Å². The van der Waals surface area contributed by atoms with Crippen LogP contribution in [0.1, 0.15) is 26.2 Å². The third kappa shape index (κ3) is 2.19. The Kier molecular flexibility index (Phi) is 3.44. The van der Waals surface area contributed by atoms with E-state index in [1.54, 1.807) is 0 Å². The molecule has 1 fully saturated rings. The predicted octanol–water partition coefficient (Wildman–Crippen LogP) is 1.78. The van der Waals surface area contributed by atoms with Crippen LogP contribution >= 0.6 is 0 Å². The molecule has 1 aromatic rings. The molecule has 1 aromatic heterocycles. The maximum atomic E-state index is 13.5. The normalized spacial score (nSPS) is 21.9. The summed E-state index contributed by atoms with van der Waals surface area (Å²) in [4.78, 5) is 3.66. The molecule has 94 valence electrons. The van der Waals surface area contributed by atoms with Gasteiger partial charge in [0.25, 0.3) is 10.0 Å². The van der Waals surface area contributed by atoms with Crippen molar-refractivity contribution in [3.8, 4) is 0 Å². The minimum absolute atomic E-state index is 0.0265. The zero-order valence-corrected chi connectivity index (χ0v) is 10.5. The molecule has 1 unspecified atom stereocenters. The second kappa shape index (κ2) is 4.70. The zero-order chi connectivity index (χ0) is 12.5. The Hall–Kier alpha value is -1.01. The van der Waals surface area contributed by atoms with E-state index in [1.165, 1.54) is 16.6 Å². The van der Waals surface area contributed by atoms with Gasteiger partial charge in [-0.05, 0) is 31.4 Å². The Morgan fingerprint density at radius 2 is 2.35 bits per heavy atom. The number of rotatable bonds is 3. The van der Waals surface area contributed by atoms with Crippen LogP contribution in [0.5, 0.6) is 0 Å². The van der Waals surface area contributed by atoms with Crippen molar-refractivity contribution >= 4 is 10.0 Å². The van der Waals surface area contributed by atoms with Gasteiger partial charge in [-0.2, -0.15) is 4.31 Å². The van der Waals surface area contributed by atoms with Gasteiger partial charge >= 0.3 is 0 Å². The molecule has 0 amide bonds. The second-order valence-electron chi connectivity index (χ2n) is 4.11. The molecule has 1 aliphatic rings. The first-order valence-electron chi connectivity index (χ1n) is 5.69. The first-order valence-corrected chi connectivity index (χ1v) is 7.13. The minimum atomic E-state index is -3.78. The second-order valence-corrected chi connectivity index (χ2v) is 5.92. The summed E-state index contributed by atoms with van der Waals surface area (Å²) < 4.78 is 39.4. The van der Waals surface area contributed by atoms with Gasteiger partial charge in [-0.3, -0.25) is 0 Å². The van der Waals surface area contributed by atoms with Crippen LogP contribution in [0.15, 0.2) is 23.4 Å². The zero-order valence-electron chi connectivity index (χ0n) is 9.63. The fourth-order valence-electron chi connectivity index (χ4n) is 2.21. The van der Waals surface area contributed by atoms with Crippen molar-refractivity contribution in [2.24, 2.45) is 0 Å². The van der Waals surface area contributed by atoms with Crippen molar-refractivity contribution in [1.82, 2.24) is 9.29 Å². The van der Waals surface area contributed by atoms with Gasteiger partial charge in [0.05, 0.1) is 0 Å². The SMILES string of the molecule is CCC1CCCN1S(=O)(=O)c1ncccc1F. The van der Waals surface area contributed by atoms with Crippen LogP contribution in [0.2, 0.25) is 0 Å². The lowest BCUT2D eigenvalue weighted by Gasteiger charge is -2.22. The van der Waals surface area contributed by atoms with Gasteiger partial charge in [0.15, 0.2) is 5.82 Å². The van der Waals surface area contributed by atoms with E-state index in [9.17, 15) is 12.8 Å². The van der Waals surface area contributed by atoms with Gasteiger partial charge in [0.1, 0.15) is 0 Å². The average Bonchev–Trinajstić information content (AvgIpc) is 2.78. The fourth-order valence-corrected chi connectivity index (χ4v) is 3.95. The summed E-state index contributed by atoms with van der Waals surface area (Å²) in [5.74, 6) is -0.783. The smallest absolute Gasteiger partial charge is 0.241 e. The van der Waals surface area contributed by atoms with Gasteiger partial charge in [-0.1, -0.05) is 6.92 Å². The Morgan fingerprint density at radius 3 is 3.00 bits per heavy atom. The van der Waals surface area contributed by atoms with Crippen molar-refractivity contribution in [2.75, 3.05) is 6.54 Å². The summed E-state index contributed by atoms with van der Waals surface area (Å²) in [5, 5.41) is -0.458. The largest absolute Gasteiger partial charge is 0.263 e. The van der Waals surface area contributed by atoms with E-state index in [0.717, 1.165) is 25.3 Å². The van der Waals surface area contributed by atoms with Gasteiger partial charge in [-0.25, -0.2) is 17.8 Å². The number of hydrogen-bond acceptors (Lipinski definition) is 3. The first-order chi connectivity index (χ1) is 8.07. The molecule has 0 N–H and O–H groups in total. The van der Waals surface area contributed by atoms with E-state index in [0.29, 0.717) is 6.54 Å². The molecule has 1 atom stereocenters. The van der Waals surface area contributed by atoms with Crippen LogP contribution in [0.3, 0.4) is 0 Å². The molecular formula is C11H15FN2O2S. The molecule has 0 saturated carbocycles. The first kappa shape index (κ1) is 12.4. The molecule has 0 radical (unpaired) electrons. The lowest BCUT2D eigenvalue weighted by atomic mass is 10.2. The van der Waals surface area contributed by atoms with Crippen LogP contribution in [0.25, 0.3) is 0 Å². The maximum absolute atomic E-state index is 13.5. The van der Waals surface area contributed by atoms with Gasteiger partial charge < -0.3 is 0 Å². The maximum Gasteiger partial charge on any atom is 0.263 e. The van der Waals surface area contributed by atoms with Crippen molar-refractivity contribution in [1.29, 1.82) is 0 Å². The number of pyridine rings is 1. The molecule has 0 aromatic carbocycles. The summed E-state index contributed by atoms with van der Waals surface area (Å²) in [6, 6.07) is 2.48. The van der Waals surface area contributed by atoms with E-state index in [-0.39, 0.29) is 6.04 Å². The van der Waals surface area contributed by atoms with Gasteiger partial charge in [0, 0.05) is 18.8 Å². The van der Waals surface area contributed by atoms with Crippen molar-refractivity contribution in [3.63, 3.8) is 0 Å². The van der Waals surface area contributed by atoms with Gasteiger partial charge in [0.2, 0.25) is 5.03 Å². The molecule has 0 aliphatic carbocycles. The number of halogens is 1. The lowest BCUT2D eigenvalue weighted by molar-refractivity contribution is 0.375. The summed E-state index contributed by atoms with van der Waals surface area (Å²) >= 11 is 0. The summed E-state index contributed by atoms with van der Waals surface area (Å²) in [5.41, 5.74) is 0. The number of aromatic nitrogens is 1. The summed E-state index contributed by atoms with van der Waals surface area (Å²) in [7, 11) is -3.78. The predicted molar refractivity (Wildman–Crippen MR) is 61.4 cm³/mol. The van der Waals surface area contributed by atoms with Crippen LogP contribution < -0.4 is 0 Å². The lowest BCUT2D eigenvalue weighted by Crippen LogP contribution is -2.36. The highest BCUT2D eigenvalue weighted by atomic mass is 32.2. The van der Waals surface area contributed by atoms with Crippen LogP contribution in [-0.2, 0) is 10.0 Å². The van der Waals surface area contributed by atoms with Crippen LogP contribution in [0.4, 0.5) is 4.39 Å². The highest BCUT2D eigenvalue weighted by molar-refractivity contribution is 7.89. The number of nitrogens with zero attached hydrogens (tertiary/aromatic N) is 2. The average molecular weight is 258 g/mol. The Balaban J connectivity index is 2.40. The summed E-state index contributed by atoms with van der Waals surface area (Å²) in [6.07, 6.45) is 3.71. The monoisotopic (exact) mass is 258 g/mol. The highest BCUT2D eigenvalue weighted by Crippen LogP contribution is 2.27. The quantitative estimate of drug-likeness (QED) is 0.830. The highest BCUT2D eigenvalue weighted by Gasteiger charge is 2.36. The number of hydrogen-bond donors (Lipinski definition) is 0. The van der Waals surface area contributed by atoms with Crippen molar-refractivity contribution in [3.05, 3.63) is 24.1 Å². The molecule has 6 heteroatoms. The standard InChI is InChI=1S/C11H15FN2O2S/c1-2-9-5-4-8-14(9)17(15,16)11-10(12)6-3-7-13-11/h3,6-7,9H,2,4-5,8H2,1H3. The molecule has 0 spiro atoms. The van der Waals surface area contributed by atoms with E-state index >= 15 is 0 Å². The van der Waals surface area contributed by atoms with Crippen molar-refractivity contribution < 1.29 is 12.8 Å². The van der Waals surface area contributed by atoms with E-state index in [4.69, 9.17) is 0 Å². The molecule has 17 heavy (non-hydrogen) atoms. The topological polar surface area (TPSA) is 50.3 Å². The summed E-state index contributed by atoms with van der Waals surface area (Å²) in [6.45, 7) is 2.39. The molecule has 1 saturated heterocycles. The third-order valence-electron chi connectivity index (χ3n) is 3.07. The molecule has 2 heterocycles. The number of sulfonamides is 1. The molecule has 2 rings (SSSR count). The van der Waals surface area contributed by atoms with E-state index < -0.39 is 20.9 Å². The van der Waals surface area contributed by atoms with Crippen LogP contribution in [0, 0.1) is 5.82 Å². The Bertz CT molecular complexity index is 504. The third-order valence-corrected chi connectivity index (χ3v) is 4.96. The van der Waals surface area contributed by atoms with Crippen LogP contribution in [-0.4, -0.2) is 30.3 Å². The fraction of sp³-hybridized carbons (Fsp3) is 0.545. The minimum Gasteiger partial charge on any atom is -0.241 e. The molecule has 4 nitrogen and oxygen atoms in total.